The van der Waals surface area contributed by atoms with E-state index in [-0.39, 0.29) is 16.8 Å². The Balaban J connectivity index is 1.64. The van der Waals surface area contributed by atoms with E-state index in [2.05, 4.69) is 25.6 Å². The number of aromatic amines is 1. The third-order valence-electron chi connectivity index (χ3n) is 6.19. The van der Waals surface area contributed by atoms with Crippen LogP contribution in [0.1, 0.15) is 31.4 Å². The summed E-state index contributed by atoms with van der Waals surface area (Å²) >= 11 is 6.08. The minimum absolute atomic E-state index is 0.149. The van der Waals surface area contributed by atoms with Gasteiger partial charge in [0.15, 0.2) is 5.54 Å². The third kappa shape index (κ3) is 3.46. The lowest BCUT2D eigenvalue weighted by atomic mass is 9.81. The molecule has 5 rings (SSSR count). The second kappa shape index (κ2) is 8.05. The maximum Gasteiger partial charge on any atom is 0.255 e. The first-order valence-corrected chi connectivity index (χ1v) is 11.0. The van der Waals surface area contributed by atoms with Gasteiger partial charge in [-0.3, -0.25) is 9.59 Å². The molecule has 32 heavy (non-hydrogen) atoms. The van der Waals surface area contributed by atoms with Crippen molar-refractivity contribution < 1.29 is 14.0 Å². The summed E-state index contributed by atoms with van der Waals surface area (Å²) in [7, 11) is 0. The summed E-state index contributed by atoms with van der Waals surface area (Å²) in [4.78, 5) is 40.1. The topological polar surface area (TPSA) is 103 Å². The number of H-pyrrole nitrogens is 1. The molecule has 166 valence electrons. The molecule has 2 unspecified atom stereocenters. The molecule has 3 aromatic rings. The standard InChI is InChI=1S/C22H22ClFN6O2/c23-13-9-14(24)11-15(10-13)29-22(18-16-4-7-25-19(16)28-12-27-18)5-2-8-30(21(22)32)17-3-1-6-26-20(17)31/h4,7,9-12,17,29H,1-3,5-6,8H2,(H,26,31)(H,25,27,28). The predicted octanol–water partition coefficient (Wildman–Crippen LogP) is 2.96. The van der Waals surface area contributed by atoms with Gasteiger partial charge in [0.2, 0.25) is 5.91 Å². The van der Waals surface area contributed by atoms with Crippen LogP contribution in [0.4, 0.5) is 10.1 Å². The number of halogens is 2. The SMILES string of the molecule is O=C1NCCCC1N1CCCC(Nc2cc(F)cc(Cl)c2)(c2ncnc3[nH]ccc23)C1=O. The fourth-order valence-electron chi connectivity index (χ4n) is 4.80. The molecular weight excluding hydrogens is 435 g/mol. The van der Waals surface area contributed by atoms with Crippen LogP contribution in [0.25, 0.3) is 11.0 Å². The number of likely N-dealkylation sites (tertiary alicyclic amines) is 1. The highest BCUT2D eigenvalue weighted by Crippen LogP contribution is 2.40. The predicted molar refractivity (Wildman–Crippen MR) is 118 cm³/mol. The van der Waals surface area contributed by atoms with Crippen LogP contribution >= 0.6 is 11.6 Å². The molecule has 0 radical (unpaired) electrons. The highest BCUT2D eigenvalue weighted by atomic mass is 35.5. The molecule has 0 bridgehead atoms. The largest absolute Gasteiger partial charge is 0.366 e. The number of hydrogen-bond donors (Lipinski definition) is 3. The summed E-state index contributed by atoms with van der Waals surface area (Å²) in [5.74, 6) is -0.938. The number of nitrogens with one attached hydrogen (secondary N) is 3. The number of anilines is 1. The number of aromatic nitrogens is 3. The maximum absolute atomic E-state index is 14.1. The number of rotatable bonds is 4. The summed E-state index contributed by atoms with van der Waals surface area (Å²) in [6.07, 6.45) is 5.59. The first kappa shape index (κ1) is 20.7. The van der Waals surface area contributed by atoms with Crippen LogP contribution in [0.15, 0.2) is 36.8 Å². The van der Waals surface area contributed by atoms with E-state index < -0.39 is 17.4 Å². The van der Waals surface area contributed by atoms with Crippen molar-refractivity contribution in [2.45, 2.75) is 37.3 Å². The molecule has 2 amide bonds. The van der Waals surface area contributed by atoms with E-state index in [0.717, 1.165) is 6.42 Å². The molecule has 4 heterocycles. The summed E-state index contributed by atoms with van der Waals surface area (Å²) in [6.45, 7) is 1.07. The summed E-state index contributed by atoms with van der Waals surface area (Å²) < 4.78 is 14.1. The zero-order valence-electron chi connectivity index (χ0n) is 17.2. The van der Waals surface area contributed by atoms with Crippen molar-refractivity contribution in [1.29, 1.82) is 0 Å². The average Bonchev–Trinajstić information content (AvgIpc) is 3.24. The van der Waals surface area contributed by atoms with Crippen LogP contribution in [0.5, 0.6) is 0 Å². The maximum atomic E-state index is 14.1. The second-order valence-corrected chi connectivity index (χ2v) is 8.64. The first-order valence-electron chi connectivity index (χ1n) is 10.6. The molecule has 0 saturated carbocycles. The molecule has 0 aliphatic carbocycles. The van der Waals surface area contributed by atoms with Gasteiger partial charge in [0.1, 0.15) is 23.8 Å². The number of carbonyl (C=O) groups excluding carboxylic acids is 2. The number of fused-ring (bicyclic) bond motifs is 1. The van der Waals surface area contributed by atoms with Gasteiger partial charge in [-0.05, 0) is 49.9 Å². The fourth-order valence-corrected chi connectivity index (χ4v) is 5.02. The van der Waals surface area contributed by atoms with Crippen molar-refractivity contribution in [3.05, 3.63) is 53.3 Å². The Hall–Kier alpha value is -3.20. The highest BCUT2D eigenvalue weighted by molar-refractivity contribution is 6.30. The number of piperidine rings is 2. The second-order valence-electron chi connectivity index (χ2n) is 8.20. The summed E-state index contributed by atoms with van der Waals surface area (Å²) in [5.41, 5.74) is 0.126. The molecule has 1 aromatic carbocycles. The average molecular weight is 457 g/mol. The zero-order chi connectivity index (χ0) is 22.3. The smallest absolute Gasteiger partial charge is 0.255 e. The van der Waals surface area contributed by atoms with E-state index in [4.69, 9.17) is 11.6 Å². The van der Waals surface area contributed by atoms with Crippen molar-refractivity contribution in [2.24, 2.45) is 0 Å². The highest BCUT2D eigenvalue weighted by Gasteiger charge is 2.50. The van der Waals surface area contributed by atoms with Crippen molar-refractivity contribution in [3.63, 3.8) is 0 Å². The minimum atomic E-state index is -1.31. The van der Waals surface area contributed by atoms with Gasteiger partial charge in [0.05, 0.1) is 5.69 Å². The number of benzene rings is 1. The first-order chi connectivity index (χ1) is 15.5. The van der Waals surface area contributed by atoms with Crippen molar-refractivity contribution in [2.75, 3.05) is 18.4 Å². The van der Waals surface area contributed by atoms with Crippen LogP contribution in [-0.2, 0) is 15.1 Å². The molecule has 3 N–H and O–H groups in total. The lowest BCUT2D eigenvalue weighted by Gasteiger charge is -2.45. The fraction of sp³-hybridized carbons (Fsp3) is 0.364. The van der Waals surface area contributed by atoms with Crippen LogP contribution in [0.3, 0.4) is 0 Å². The van der Waals surface area contributed by atoms with Gasteiger partial charge in [-0.25, -0.2) is 14.4 Å². The van der Waals surface area contributed by atoms with Gasteiger partial charge in [0.25, 0.3) is 5.91 Å². The van der Waals surface area contributed by atoms with Gasteiger partial charge in [0, 0.05) is 35.4 Å². The Kier molecular flexibility index (Phi) is 5.21. The molecule has 8 nitrogen and oxygen atoms in total. The molecule has 2 fully saturated rings. The lowest BCUT2D eigenvalue weighted by Crippen LogP contribution is -2.62. The quantitative estimate of drug-likeness (QED) is 0.560. The molecular formula is C22H22ClFN6O2. The van der Waals surface area contributed by atoms with E-state index in [0.29, 0.717) is 54.8 Å². The number of carbonyl (C=O) groups is 2. The van der Waals surface area contributed by atoms with E-state index >= 15 is 0 Å². The Bertz CT molecular complexity index is 1180. The Morgan fingerprint density at radius 1 is 1.22 bits per heavy atom. The van der Waals surface area contributed by atoms with Gasteiger partial charge >= 0.3 is 0 Å². The van der Waals surface area contributed by atoms with Crippen molar-refractivity contribution >= 4 is 40.1 Å². The van der Waals surface area contributed by atoms with Crippen LogP contribution in [-0.4, -0.2) is 50.8 Å². The molecule has 2 saturated heterocycles. The normalized spacial score (nSPS) is 23.9. The minimum Gasteiger partial charge on any atom is -0.366 e. The number of hydrogen-bond acceptors (Lipinski definition) is 5. The van der Waals surface area contributed by atoms with E-state index in [1.165, 1.54) is 18.5 Å². The number of amides is 2. The van der Waals surface area contributed by atoms with E-state index in [9.17, 15) is 14.0 Å². The molecule has 2 aromatic heterocycles. The lowest BCUT2D eigenvalue weighted by molar-refractivity contribution is -0.148. The van der Waals surface area contributed by atoms with Crippen LogP contribution in [0.2, 0.25) is 5.02 Å². The number of nitrogens with zero attached hydrogens (tertiary/aromatic N) is 3. The van der Waals surface area contributed by atoms with Crippen LogP contribution < -0.4 is 10.6 Å². The van der Waals surface area contributed by atoms with E-state index in [1.807, 2.05) is 6.07 Å². The Labute approximate surface area is 188 Å². The molecule has 0 spiro atoms. The van der Waals surface area contributed by atoms with Gasteiger partial charge < -0.3 is 20.5 Å². The van der Waals surface area contributed by atoms with Gasteiger partial charge in [-0.15, -0.1) is 0 Å². The Morgan fingerprint density at radius 2 is 2.09 bits per heavy atom. The zero-order valence-corrected chi connectivity index (χ0v) is 18.0. The molecule has 2 atom stereocenters. The van der Waals surface area contributed by atoms with Crippen molar-refractivity contribution in [1.82, 2.24) is 25.2 Å². The molecule has 2 aliphatic rings. The Morgan fingerprint density at radius 3 is 2.91 bits per heavy atom. The van der Waals surface area contributed by atoms with Crippen LogP contribution in [0, 0.1) is 5.82 Å². The third-order valence-corrected chi connectivity index (χ3v) is 6.41. The summed E-state index contributed by atoms with van der Waals surface area (Å²) in [6, 6.07) is 5.34. The van der Waals surface area contributed by atoms with Gasteiger partial charge in [-0.2, -0.15) is 0 Å². The van der Waals surface area contributed by atoms with E-state index in [1.54, 1.807) is 17.2 Å². The summed E-state index contributed by atoms with van der Waals surface area (Å²) in [5, 5.41) is 7.01. The molecule has 10 heteroatoms. The van der Waals surface area contributed by atoms with Gasteiger partial charge in [-0.1, -0.05) is 11.6 Å². The monoisotopic (exact) mass is 456 g/mol. The van der Waals surface area contributed by atoms with Crippen molar-refractivity contribution in [3.8, 4) is 0 Å². The molecule has 2 aliphatic heterocycles.